The molecule has 1 nitrogen and oxygen atoms in total. The van der Waals surface area contributed by atoms with E-state index in [0.717, 1.165) is 5.56 Å². The average molecular weight is 348 g/mol. The van der Waals surface area contributed by atoms with Crippen LogP contribution in [0.15, 0.2) is 36.4 Å². The van der Waals surface area contributed by atoms with Gasteiger partial charge in [-0.15, -0.1) is 0 Å². The summed E-state index contributed by atoms with van der Waals surface area (Å²) in [6.07, 6.45) is 0. The van der Waals surface area contributed by atoms with Crippen LogP contribution in [0.2, 0.25) is 5.02 Å². The van der Waals surface area contributed by atoms with Gasteiger partial charge in [0.2, 0.25) is 0 Å². The number of hydrogen-bond donors (Lipinski definition) is 0. The molecule has 5 heteroatoms. The predicted octanol–water partition coefficient (Wildman–Crippen LogP) is 5.09. The molecule has 19 heavy (non-hydrogen) atoms. The van der Waals surface area contributed by atoms with Crippen molar-refractivity contribution < 1.29 is 13.5 Å². The summed E-state index contributed by atoms with van der Waals surface area (Å²) in [4.78, 5) is 0. The van der Waals surface area contributed by atoms with Crippen molar-refractivity contribution >= 4 is 27.5 Å². The van der Waals surface area contributed by atoms with Gasteiger partial charge < -0.3 is 4.74 Å². The van der Waals surface area contributed by atoms with Gasteiger partial charge in [0.25, 0.3) is 0 Å². The van der Waals surface area contributed by atoms with E-state index >= 15 is 0 Å². The molecule has 0 N–H and O–H groups in total. The van der Waals surface area contributed by atoms with Gasteiger partial charge in [-0.25, -0.2) is 8.78 Å². The molecular formula is C14H10BrClF2O. The SMILES string of the molecule is Fc1cc(CBr)cc(OCc2cc(Cl)ccc2F)c1. The summed E-state index contributed by atoms with van der Waals surface area (Å²) in [7, 11) is 0. The summed E-state index contributed by atoms with van der Waals surface area (Å²) < 4.78 is 32.2. The maximum atomic E-state index is 13.5. The summed E-state index contributed by atoms with van der Waals surface area (Å²) in [6.45, 7) is -0.00241. The zero-order valence-electron chi connectivity index (χ0n) is 9.80. The maximum Gasteiger partial charge on any atom is 0.129 e. The molecule has 0 aliphatic heterocycles. The Morgan fingerprint density at radius 2 is 1.89 bits per heavy atom. The van der Waals surface area contributed by atoms with Crippen LogP contribution in [0.3, 0.4) is 0 Å². The van der Waals surface area contributed by atoms with E-state index in [1.165, 1.54) is 30.3 Å². The number of rotatable bonds is 4. The molecule has 0 unspecified atom stereocenters. The largest absolute Gasteiger partial charge is 0.489 e. The van der Waals surface area contributed by atoms with Crippen LogP contribution in [0.1, 0.15) is 11.1 Å². The van der Waals surface area contributed by atoms with E-state index in [-0.39, 0.29) is 6.61 Å². The molecule has 2 aromatic carbocycles. The van der Waals surface area contributed by atoms with E-state index in [1.54, 1.807) is 6.07 Å². The summed E-state index contributed by atoms with van der Waals surface area (Å²) in [5.41, 5.74) is 1.08. The highest BCUT2D eigenvalue weighted by Gasteiger charge is 2.06. The quantitative estimate of drug-likeness (QED) is 0.700. The molecule has 0 aliphatic carbocycles. The molecule has 0 atom stereocenters. The second-order valence-electron chi connectivity index (χ2n) is 3.95. The second kappa shape index (κ2) is 6.35. The van der Waals surface area contributed by atoms with Crippen LogP contribution in [0, 0.1) is 11.6 Å². The van der Waals surface area contributed by atoms with Crippen molar-refractivity contribution in [3.05, 3.63) is 64.2 Å². The van der Waals surface area contributed by atoms with Gasteiger partial charge in [0.15, 0.2) is 0 Å². The second-order valence-corrected chi connectivity index (χ2v) is 4.95. The van der Waals surface area contributed by atoms with Crippen molar-refractivity contribution in [2.75, 3.05) is 0 Å². The van der Waals surface area contributed by atoms with Gasteiger partial charge in [0.05, 0.1) is 0 Å². The van der Waals surface area contributed by atoms with E-state index in [1.807, 2.05) is 0 Å². The van der Waals surface area contributed by atoms with Gasteiger partial charge in [-0.1, -0.05) is 27.5 Å². The van der Waals surface area contributed by atoms with Crippen molar-refractivity contribution in [3.63, 3.8) is 0 Å². The van der Waals surface area contributed by atoms with Gasteiger partial charge in [-0.2, -0.15) is 0 Å². The monoisotopic (exact) mass is 346 g/mol. The fourth-order valence-corrected chi connectivity index (χ4v) is 2.11. The van der Waals surface area contributed by atoms with Gasteiger partial charge in [0, 0.05) is 22.0 Å². The minimum Gasteiger partial charge on any atom is -0.489 e. The first-order valence-electron chi connectivity index (χ1n) is 5.50. The molecule has 0 bridgehead atoms. The van der Waals surface area contributed by atoms with Crippen LogP contribution in [-0.4, -0.2) is 0 Å². The Morgan fingerprint density at radius 1 is 1.11 bits per heavy atom. The molecule has 0 amide bonds. The standard InChI is InChI=1S/C14H10BrClF2O/c15-7-9-3-12(17)6-13(4-9)19-8-10-5-11(16)1-2-14(10)18/h1-6H,7-8H2. The fraction of sp³-hybridized carbons (Fsp3) is 0.143. The van der Waals surface area contributed by atoms with E-state index < -0.39 is 11.6 Å². The first-order chi connectivity index (χ1) is 9.08. The summed E-state index contributed by atoms with van der Waals surface area (Å²) >= 11 is 9.03. The zero-order chi connectivity index (χ0) is 13.8. The lowest BCUT2D eigenvalue weighted by molar-refractivity contribution is 0.298. The van der Waals surface area contributed by atoms with Crippen LogP contribution in [0.25, 0.3) is 0 Å². The molecule has 2 aromatic rings. The Bertz CT molecular complexity index is 590. The molecular weight excluding hydrogens is 338 g/mol. The third kappa shape index (κ3) is 3.91. The molecule has 100 valence electrons. The van der Waals surface area contributed by atoms with Crippen molar-refractivity contribution in [2.45, 2.75) is 11.9 Å². The number of ether oxygens (including phenoxy) is 1. The van der Waals surface area contributed by atoms with Crippen molar-refractivity contribution in [3.8, 4) is 5.75 Å². The Morgan fingerprint density at radius 3 is 2.63 bits per heavy atom. The number of alkyl halides is 1. The van der Waals surface area contributed by atoms with E-state index in [9.17, 15) is 8.78 Å². The molecule has 0 fully saturated rings. The molecule has 0 heterocycles. The minimum absolute atomic E-state index is 0.00241. The molecule has 0 saturated carbocycles. The van der Waals surface area contributed by atoms with Crippen molar-refractivity contribution in [1.82, 2.24) is 0 Å². The van der Waals surface area contributed by atoms with Crippen LogP contribution < -0.4 is 4.74 Å². The normalized spacial score (nSPS) is 10.5. The molecule has 0 aromatic heterocycles. The van der Waals surface area contributed by atoms with Gasteiger partial charge in [0.1, 0.15) is 24.0 Å². The average Bonchev–Trinajstić information content (AvgIpc) is 2.39. The lowest BCUT2D eigenvalue weighted by Gasteiger charge is -2.09. The summed E-state index contributed by atoms with van der Waals surface area (Å²) in [5, 5.41) is 0.951. The lowest BCUT2D eigenvalue weighted by atomic mass is 10.2. The molecule has 0 saturated heterocycles. The van der Waals surface area contributed by atoms with Gasteiger partial charge in [-0.3, -0.25) is 0 Å². The lowest BCUT2D eigenvalue weighted by Crippen LogP contribution is -1.99. The fourth-order valence-electron chi connectivity index (χ4n) is 1.60. The Balaban J connectivity index is 2.14. The number of hydrogen-bond acceptors (Lipinski definition) is 1. The van der Waals surface area contributed by atoms with Crippen LogP contribution in [-0.2, 0) is 11.9 Å². The third-order valence-electron chi connectivity index (χ3n) is 2.49. The Kier molecular flexibility index (Phi) is 4.77. The van der Waals surface area contributed by atoms with Crippen molar-refractivity contribution in [1.29, 1.82) is 0 Å². The molecule has 2 rings (SSSR count). The van der Waals surface area contributed by atoms with Crippen LogP contribution >= 0.6 is 27.5 Å². The van der Waals surface area contributed by atoms with Crippen molar-refractivity contribution in [2.24, 2.45) is 0 Å². The van der Waals surface area contributed by atoms with E-state index in [2.05, 4.69) is 15.9 Å². The minimum atomic E-state index is -0.401. The predicted molar refractivity (Wildman–Crippen MR) is 74.8 cm³/mol. The Labute approximate surface area is 123 Å². The molecule has 0 aliphatic rings. The zero-order valence-corrected chi connectivity index (χ0v) is 12.1. The van der Waals surface area contributed by atoms with E-state index in [4.69, 9.17) is 16.3 Å². The van der Waals surface area contributed by atoms with Crippen LogP contribution in [0.5, 0.6) is 5.75 Å². The highest BCUT2D eigenvalue weighted by molar-refractivity contribution is 9.08. The first-order valence-corrected chi connectivity index (χ1v) is 7.00. The first kappa shape index (κ1) is 14.3. The highest BCUT2D eigenvalue weighted by Crippen LogP contribution is 2.21. The molecule has 0 spiro atoms. The summed E-state index contributed by atoms with van der Waals surface area (Å²) in [6, 6.07) is 8.58. The molecule has 0 radical (unpaired) electrons. The van der Waals surface area contributed by atoms with Gasteiger partial charge >= 0.3 is 0 Å². The summed E-state index contributed by atoms with van der Waals surface area (Å²) in [5.74, 6) is -0.436. The Hall–Kier alpha value is -1.13. The number of halogens is 4. The highest BCUT2D eigenvalue weighted by atomic mass is 79.9. The topological polar surface area (TPSA) is 9.23 Å². The maximum absolute atomic E-state index is 13.5. The third-order valence-corrected chi connectivity index (χ3v) is 3.37. The van der Waals surface area contributed by atoms with Crippen LogP contribution in [0.4, 0.5) is 8.78 Å². The van der Waals surface area contributed by atoms with Gasteiger partial charge in [-0.05, 0) is 35.9 Å². The smallest absolute Gasteiger partial charge is 0.129 e. The number of benzene rings is 2. The van der Waals surface area contributed by atoms with E-state index in [0.29, 0.717) is 21.7 Å².